The maximum absolute atomic E-state index is 13.4. The standard InChI is InChI=1S/C28H29ClN4O2/c1-16(2)26-30-14-18(4)25(32-26)22-10-11-23(29)24(13-22)33-20(6)31-27(19(5)28(33)34)35-15-21-9-7-8-17(3)12-21/h7-14,16H,15H2,1-6H3. The minimum atomic E-state index is -0.224. The first-order valence-corrected chi connectivity index (χ1v) is 12.0. The molecule has 0 radical (unpaired) electrons. The third-order valence-corrected chi connectivity index (χ3v) is 6.18. The van der Waals surface area contributed by atoms with Crippen LogP contribution in [0.5, 0.6) is 5.88 Å². The Bertz CT molecular complexity index is 1460. The quantitative estimate of drug-likeness (QED) is 0.319. The van der Waals surface area contributed by atoms with Gasteiger partial charge in [-0.25, -0.2) is 9.97 Å². The molecule has 7 heteroatoms. The number of aryl methyl sites for hydroxylation is 3. The van der Waals surface area contributed by atoms with Crippen LogP contribution in [0.3, 0.4) is 0 Å². The molecule has 0 bridgehead atoms. The van der Waals surface area contributed by atoms with Crippen LogP contribution in [-0.4, -0.2) is 19.5 Å². The molecular weight excluding hydrogens is 460 g/mol. The molecule has 0 fully saturated rings. The fourth-order valence-corrected chi connectivity index (χ4v) is 4.12. The molecule has 180 valence electrons. The zero-order valence-electron chi connectivity index (χ0n) is 20.9. The van der Waals surface area contributed by atoms with Crippen molar-refractivity contribution in [2.24, 2.45) is 0 Å². The highest BCUT2D eigenvalue weighted by Gasteiger charge is 2.18. The minimum absolute atomic E-state index is 0.199. The smallest absolute Gasteiger partial charge is 0.264 e. The van der Waals surface area contributed by atoms with E-state index < -0.39 is 0 Å². The molecule has 0 spiro atoms. The van der Waals surface area contributed by atoms with Crippen molar-refractivity contribution in [3.63, 3.8) is 0 Å². The normalized spacial score (nSPS) is 11.2. The predicted molar refractivity (Wildman–Crippen MR) is 140 cm³/mol. The Morgan fingerprint density at radius 3 is 2.51 bits per heavy atom. The van der Waals surface area contributed by atoms with Crippen LogP contribution in [-0.2, 0) is 6.61 Å². The summed E-state index contributed by atoms with van der Waals surface area (Å²) in [5.74, 6) is 1.78. The number of nitrogens with zero attached hydrogens (tertiary/aromatic N) is 4. The topological polar surface area (TPSA) is 69.9 Å². The van der Waals surface area contributed by atoms with Gasteiger partial charge < -0.3 is 4.74 Å². The maximum Gasteiger partial charge on any atom is 0.264 e. The van der Waals surface area contributed by atoms with Gasteiger partial charge in [-0.2, -0.15) is 4.98 Å². The van der Waals surface area contributed by atoms with Crippen LogP contribution in [0.2, 0.25) is 5.02 Å². The van der Waals surface area contributed by atoms with E-state index in [9.17, 15) is 4.79 Å². The van der Waals surface area contributed by atoms with Gasteiger partial charge in [0.25, 0.3) is 5.56 Å². The molecule has 0 aliphatic rings. The monoisotopic (exact) mass is 488 g/mol. The number of hydrogen-bond donors (Lipinski definition) is 0. The average Bonchev–Trinajstić information content (AvgIpc) is 2.82. The predicted octanol–water partition coefficient (Wildman–Crippen LogP) is 6.28. The Balaban J connectivity index is 1.75. The molecule has 0 saturated carbocycles. The van der Waals surface area contributed by atoms with Gasteiger partial charge in [0.1, 0.15) is 18.3 Å². The SMILES string of the molecule is Cc1cccc(COc2nc(C)n(-c3cc(-c4nc(C(C)C)ncc4C)ccc3Cl)c(=O)c2C)c1. The minimum Gasteiger partial charge on any atom is -0.472 e. The first-order valence-electron chi connectivity index (χ1n) is 11.6. The van der Waals surface area contributed by atoms with Crippen molar-refractivity contribution in [2.45, 2.75) is 54.1 Å². The van der Waals surface area contributed by atoms with Gasteiger partial charge in [-0.05, 0) is 51.0 Å². The van der Waals surface area contributed by atoms with E-state index in [-0.39, 0.29) is 11.5 Å². The molecule has 2 aromatic heterocycles. The lowest BCUT2D eigenvalue weighted by molar-refractivity contribution is 0.289. The van der Waals surface area contributed by atoms with Gasteiger partial charge in [-0.3, -0.25) is 9.36 Å². The van der Waals surface area contributed by atoms with Crippen LogP contribution < -0.4 is 10.3 Å². The molecular formula is C28H29ClN4O2. The molecule has 0 N–H and O–H groups in total. The number of rotatable bonds is 6. The van der Waals surface area contributed by atoms with Crippen LogP contribution in [0.15, 0.2) is 53.5 Å². The second-order valence-corrected chi connectivity index (χ2v) is 9.50. The first-order chi connectivity index (χ1) is 16.7. The molecule has 0 saturated heterocycles. The summed E-state index contributed by atoms with van der Waals surface area (Å²) in [7, 11) is 0. The van der Waals surface area contributed by atoms with Crippen LogP contribution >= 0.6 is 11.6 Å². The van der Waals surface area contributed by atoms with E-state index in [4.69, 9.17) is 21.3 Å². The molecule has 4 rings (SSSR count). The maximum atomic E-state index is 13.4. The largest absolute Gasteiger partial charge is 0.472 e. The number of hydrogen-bond acceptors (Lipinski definition) is 5. The highest BCUT2D eigenvalue weighted by Crippen LogP contribution is 2.29. The van der Waals surface area contributed by atoms with Crippen molar-refractivity contribution >= 4 is 11.6 Å². The van der Waals surface area contributed by atoms with E-state index >= 15 is 0 Å². The van der Waals surface area contributed by atoms with Gasteiger partial charge in [0.15, 0.2) is 0 Å². The van der Waals surface area contributed by atoms with Crippen LogP contribution in [0.4, 0.5) is 0 Å². The number of benzene rings is 2. The van der Waals surface area contributed by atoms with E-state index in [0.717, 1.165) is 33.8 Å². The Morgan fingerprint density at radius 2 is 1.80 bits per heavy atom. The highest BCUT2D eigenvalue weighted by atomic mass is 35.5. The van der Waals surface area contributed by atoms with E-state index in [2.05, 4.69) is 29.9 Å². The molecule has 0 aliphatic carbocycles. The van der Waals surface area contributed by atoms with Crippen molar-refractivity contribution in [1.29, 1.82) is 0 Å². The van der Waals surface area contributed by atoms with Gasteiger partial charge in [0.05, 0.1) is 22.0 Å². The van der Waals surface area contributed by atoms with Crippen molar-refractivity contribution in [1.82, 2.24) is 19.5 Å². The zero-order chi connectivity index (χ0) is 25.3. The lowest BCUT2D eigenvalue weighted by Gasteiger charge is -2.17. The Hall–Kier alpha value is -3.51. The number of halogens is 1. The summed E-state index contributed by atoms with van der Waals surface area (Å²) in [6.07, 6.45) is 1.83. The number of ether oxygens (including phenoxy) is 1. The third-order valence-electron chi connectivity index (χ3n) is 5.86. The lowest BCUT2D eigenvalue weighted by atomic mass is 10.1. The van der Waals surface area contributed by atoms with Crippen molar-refractivity contribution in [3.05, 3.63) is 97.9 Å². The second kappa shape index (κ2) is 10.0. The summed E-state index contributed by atoms with van der Waals surface area (Å²) < 4.78 is 7.46. The third kappa shape index (κ3) is 5.13. The van der Waals surface area contributed by atoms with Crippen molar-refractivity contribution in [2.75, 3.05) is 0 Å². The molecule has 0 aliphatic heterocycles. The number of aromatic nitrogens is 4. The molecule has 0 unspecified atom stereocenters. The Morgan fingerprint density at radius 1 is 1.03 bits per heavy atom. The molecule has 0 amide bonds. The fourth-order valence-electron chi connectivity index (χ4n) is 3.92. The van der Waals surface area contributed by atoms with Gasteiger partial charge in [0.2, 0.25) is 5.88 Å². The van der Waals surface area contributed by atoms with Crippen molar-refractivity contribution in [3.8, 4) is 22.8 Å². The molecule has 4 aromatic rings. The first kappa shape index (κ1) is 24.6. The Labute approximate surface area is 210 Å². The fraction of sp³-hybridized carbons (Fsp3) is 0.286. The van der Waals surface area contributed by atoms with E-state index in [1.165, 1.54) is 4.57 Å². The van der Waals surface area contributed by atoms with Crippen molar-refractivity contribution < 1.29 is 4.74 Å². The molecule has 2 heterocycles. The summed E-state index contributed by atoms with van der Waals surface area (Å²) in [6, 6.07) is 13.6. The van der Waals surface area contributed by atoms with Gasteiger partial charge in [-0.15, -0.1) is 0 Å². The molecule has 35 heavy (non-hydrogen) atoms. The zero-order valence-corrected chi connectivity index (χ0v) is 21.6. The second-order valence-electron chi connectivity index (χ2n) is 9.09. The van der Waals surface area contributed by atoms with E-state index in [1.54, 1.807) is 19.9 Å². The summed E-state index contributed by atoms with van der Waals surface area (Å²) in [5.41, 5.74) is 5.53. The lowest BCUT2D eigenvalue weighted by Crippen LogP contribution is -2.25. The average molecular weight is 489 g/mol. The van der Waals surface area contributed by atoms with Crippen LogP contribution in [0.1, 0.15) is 53.7 Å². The summed E-state index contributed by atoms with van der Waals surface area (Å²) in [4.78, 5) is 27.3. The van der Waals surface area contributed by atoms with E-state index in [0.29, 0.717) is 34.6 Å². The molecule has 6 nitrogen and oxygen atoms in total. The summed E-state index contributed by atoms with van der Waals surface area (Å²) in [5, 5.41) is 0.448. The van der Waals surface area contributed by atoms with Crippen LogP contribution in [0.25, 0.3) is 16.9 Å². The highest BCUT2D eigenvalue weighted by molar-refractivity contribution is 6.32. The van der Waals surface area contributed by atoms with Crippen LogP contribution in [0, 0.1) is 27.7 Å². The van der Waals surface area contributed by atoms with E-state index in [1.807, 2.05) is 50.4 Å². The summed E-state index contributed by atoms with van der Waals surface area (Å²) >= 11 is 6.58. The Kier molecular flexibility index (Phi) is 7.03. The molecule has 2 aromatic carbocycles. The molecule has 0 atom stereocenters. The van der Waals surface area contributed by atoms with Gasteiger partial charge >= 0.3 is 0 Å². The van der Waals surface area contributed by atoms with Gasteiger partial charge in [-0.1, -0.05) is 61.3 Å². The van der Waals surface area contributed by atoms with Gasteiger partial charge in [0, 0.05) is 17.7 Å². The summed E-state index contributed by atoms with van der Waals surface area (Å²) in [6.45, 7) is 11.9.